The summed E-state index contributed by atoms with van der Waals surface area (Å²) in [5.74, 6) is -0.110. The Hall–Kier alpha value is -3.42. The number of nitrogens with zero attached hydrogens (tertiary/aromatic N) is 2. The van der Waals surface area contributed by atoms with E-state index in [9.17, 15) is 9.18 Å². The molecule has 0 saturated carbocycles. The number of aryl methyl sites for hydroxylation is 1. The largest absolute Gasteiger partial charge is 0.448 e. The zero-order valence-corrected chi connectivity index (χ0v) is 13.4. The van der Waals surface area contributed by atoms with Crippen molar-refractivity contribution in [3.8, 4) is 0 Å². The van der Waals surface area contributed by atoms with Gasteiger partial charge in [0.1, 0.15) is 17.9 Å². The molecule has 8 heteroatoms. The van der Waals surface area contributed by atoms with Crippen LogP contribution in [-0.4, -0.2) is 15.9 Å². The van der Waals surface area contributed by atoms with Crippen molar-refractivity contribution in [2.45, 2.75) is 13.5 Å². The number of oxazole rings is 1. The first-order chi connectivity index (χ1) is 12.0. The van der Waals surface area contributed by atoms with Gasteiger partial charge in [-0.2, -0.15) is 0 Å². The fourth-order valence-electron chi connectivity index (χ4n) is 2.21. The van der Waals surface area contributed by atoms with Gasteiger partial charge in [0, 0.05) is 30.9 Å². The summed E-state index contributed by atoms with van der Waals surface area (Å²) in [6, 6.07) is 7.78. The van der Waals surface area contributed by atoms with E-state index >= 15 is 0 Å². The van der Waals surface area contributed by atoms with Crippen molar-refractivity contribution in [2.24, 2.45) is 0 Å². The second-order valence-corrected chi connectivity index (χ2v) is 5.30. The highest BCUT2D eigenvalue weighted by Gasteiger charge is 2.12. The minimum absolute atomic E-state index is 0.157. The average molecular weight is 341 g/mol. The summed E-state index contributed by atoms with van der Waals surface area (Å²) in [4.78, 5) is 20.0. The molecule has 25 heavy (non-hydrogen) atoms. The molecule has 2 aromatic heterocycles. The molecule has 0 atom stereocenters. The molecular weight excluding hydrogens is 325 g/mol. The maximum atomic E-state index is 14.0. The molecular formula is C17H16FN5O2. The molecule has 0 radical (unpaired) electrons. The molecule has 4 N–H and O–H groups in total. The number of hydrogen-bond acceptors (Lipinski definition) is 6. The Kier molecular flexibility index (Phi) is 4.60. The first-order valence-electron chi connectivity index (χ1n) is 7.49. The number of aromatic nitrogens is 2. The smallest absolute Gasteiger partial charge is 0.277 e. The molecule has 0 unspecified atom stereocenters. The minimum atomic E-state index is -0.432. The van der Waals surface area contributed by atoms with Gasteiger partial charge < -0.3 is 20.8 Å². The number of amides is 1. The highest BCUT2D eigenvalue weighted by atomic mass is 19.1. The molecule has 0 aliphatic carbocycles. The van der Waals surface area contributed by atoms with Crippen molar-refractivity contribution in [3.63, 3.8) is 0 Å². The van der Waals surface area contributed by atoms with Crippen LogP contribution in [0.25, 0.3) is 0 Å². The standard InChI is InChI=1S/C17H16FN5O2/c1-10-22-15(9-25-10)17(24)23-12-4-5-13(18)11(7-12)8-21-14-3-2-6-20-16(14)19/h2-7,9,21H,8H2,1H3,(H2,19,20)(H,23,24). The van der Waals surface area contributed by atoms with Crippen LogP contribution >= 0.6 is 0 Å². The Morgan fingerprint density at radius 1 is 1.36 bits per heavy atom. The molecule has 0 aliphatic heterocycles. The first-order valence-corrected chi connectivity index (χ1v) is 7.49. The number of halogens is 1. The van der Waals surface area contributed by atoms with Crippen molar-refractivity contribution in [1.29, 1.82) is 0 Å². The molecule has 7 nitrogen and oxygen atoms in total. The molecule has 0 spiro atoms. The van der Waals surface area contributed by atoms with E-state index in [1.807, 2.05) is 0 Å². The lowest BCUT2D eigenvalue weighted by Gasteiger charge is -2.11. The van der Waals surface area contributed by atoms with E-state index in [1.54, 1.807) is 31.3 Å². The monoisotopic (exact) mass is 341 g/mol. The van der Waals surface area contributed by atoms with E-state index < -0.39 is 11.7 Å². The summed E-state index contributed by atoms with van der Waals surface area (Å²) in [5.41, 5.74) is 7.33. The minimum Gasteiger partial charge on any atom is -0.448 e. The molecule has 1 amide bonds. The lowest BCUT2D eigenvalue weighted by molar-refractivity contribution is 0.102. The van der Waals surface area contributed by atoms with Gasteiger partial charge in [0.25, 0.3) is 5.91 Å². The van der Waals surface area contributed by atoms with Crippen LogP contribution in [0.2, 0.25) is 0 Å². The number of hydrogen-bond donors (Lipinski definition) is 3. The number of pyridine rings is 1. The number of nitrogens with two attached hydrogens (primary N) is 1. The van der Waals surface area contributed by atoms with Crippen LogP contribution in [0.15, 0.2) is 47.2 Å². The van der Waals surface area contributed by atoms with E-state index in [-0.39, 0.29) is 12.2 Å². The average Bonchev–Trinajstić information content (AvgIpc) is 3.03. The third kappa shape index (κ3) is 3.92. The maximum absolute atomic E-state index is 14.0. The van der Waals surface area contributed by atoms with Crippen molar-refractivity contribution in [2.75, 3.05) is 16.4 Å². The van der Waals surface area contributed by atoms with Gasteiger partial charge in [0.05, 0.1) is 5.69 Å². The molecule has 3 rings (SSSR count). The van der Waals surface area contributed by atoms with Crippen molar-refractivity contribution in [1.82, 2.24) is 9.97 Å². The summed E-state index contributed by atoms with van der Waals surface area (Å²) in [5, 5.41) is 5.67. The van der Waals surface area contributed by atoms with Gasteiger partial charge in [-0.05, 0) is 30.3 Å². The van der Waals surface area contributed by atoms with Gasteiger partial charge >= 0.3 is 0 Å². The lowest BCUT2D eigenvalue weighted by atomic mass is 10.1. The third-order valence-corrected chi connectivity index (χ3v) is 3.46. The van der Waals surface area contributed by atoms with Crippen LogP contribution in [-0.2, 0) is 6.54 Å². The fourth-order valence-corrected chi connectivity index (χ4v) is 2.21. The summed E-state index contributed by atoms with van der Waals surface area (Å²) >= 11 is 0. The number of nitrogen functional groups attached to an aromatic ring is 1. The van der Waals surface area contributed by atoms with E-state index in [4.69, 9.17) is 10.2 Å². The van der Waals surface area contributed by atoms with Crippen LogP contribution < -0.4 is 16.4 Å². The fraction of sp³-hybridized carbons (Fsp3) is 0.118. The van der Waals surface area contributed by atoms with Crippen LogP contribution in [0.5, 0.6) is 0 Å². The Bertz CT molecular complexity index is 910. The van der Waals surface area contributed by atoms with Gasteiger partial charge in [0.15, 0.2) is 11.6 Å². The summed E-state index contributed by atoms with van der Waals surface area (Å²) in [6.45, 7) is 1.83. The number of carbonyl (C=O) groups excluding carboxylic acids is 1. The quantitative estimate of drug-likeness (QED) is 0.659. The normalized spacial score (nSPS) is 10.5. The molecule has 128 valence electrons. The molecule has 1 aromatic carbocycles. The van der Waals surface area contributed by atoms with Gasteiger partial charge in [-0.15, -0.1) is 0 Å². The van der Waals surface area contributed by atoms with E-state index in [1.165, 1.54) is 18.4 Å². The number of nitrogens with one attached hydrogen (secondary N) is 2. The topological polar surface area (TPSA) is 106 Å². The molecule has 2 heterocycles. The lowest BCUT2D eigenvalue weighted by Crippen LogP contribution is -2.13. The molecule has 0 saturated heterocycles. The van der Waals surface area contributed by atoms with Crippen LogP contribution in [0.4, 0.5) is 21.6 Å². The van der Waals surface area contributed by atoms with Crippen LogP contribution in [0.1, 0.15) is 21.9 Å². The van der Waals surface area contributed by atoms with E-state index in [0.29, 0.717) is 28.6 Å². The zero-order valence-electron chi connectivity index (χ0n) is 13.4. The van der Waals surface area contributed by atoms with Gasteiger partial charge in [0.2, 0.25) is 0 Å². The number of anilines is 3. The molecule has 0 fully saturated rings. The first kappa shape index (κ1) is 16.4. The van der Waals surface area contributed by atoms with Gasteiger partial charge in [-0.25, -0.2) is 14.4 Å². The summed E-state index contributed by atoms with van der Waals surface area (Å²) < 4.78 is 19.0. The molecule has 0 bridgehead atoms. The zero-order chi connectivity index (χ0) is 17.8. The van der Waals surface area contributed by atoms with Crippen molar-refractivity contribution >= 4 is 23.1 Å². The van der Waals surface area contributed by atoms with Gasteiger partial charge in [-0.3, -0.25) is 4.79 Å². The van der Waals surface area contributed by atoms with Crippen LogP contribution in [0.3, 0.4) is 0 Å². The Morgan fingerprint density at radius 2 is 2.20 bits per heavy atom. The highest BCUT2D eigenvalue weighted by Crippen LogP contribution is 2.19. The Labute approximate surface area is 143 Å². The third-order valence-electron chi connectivity index (χ3n) is 3.46. The number of carbonyl (C=O) groups is 1. The maximum Gasteiger partial charge on any atom is 0.277 e. The van der Waals surface area contributed by atoms with Crippen LogP contribution in [0, 0.1) is 12.7 Å². The summed E-state index contributed by atoms with van der Waals surface area (Å²) in [7, 11) is 0. The number of rotatable bonds is 5. The SMILES string of the molecule is Cc1nc(C(=O)Nc2ccc(F)c(CNc3cccnc3N)c2)co1. The van der Waals surface area contributed by atoms with E-state index in [0.717, 1.165) is 0 Å². The molecule has 0 aliphatic rings. The van der Waals surface area contributed by atoms with Crippen molar-refractivity contribution in [3.05, 3.63) is 65.8 Å². The highest BCUT2D eigenvalue weighted by molar-refractivity contribution is 6.02. The second kappa shape index (κ2) is 7.00. The number of benzene rings is 1. The van der Waals surface area contributed by atoms with Gasteiger partial charge in [-0.1, -0.05) is 0 Å². The van der Waals surface area contributed by atoms with Crippen molar-refractivity contribution < 1.29 is 13.6 Å². The molecule has 3 aromatic rings. The van der Waals surface area contributed by atoms with E-state index in [2.05, 4.69) is 20.6 Å². The Morgan fingerprint density at radius 3 is 2.92 bits per heavy atom. The Balaban J connectivity index is 1.72. The second-order valence-electron chi connectivity index (χ2n) is 5.30. The summed E-state index contributed by atoms with van der Waals surface area (Å²) in [6.07, 6.45) is 2.84. The predicted octanol–water partition coefficient (Wildman–Crippen LogP) is 2.96. The predicted molar refractivity (Wildman–Crippen MR) is 91.6 cm³/mol.